The van der Waals surface area contributed by atoms with Crippen LogP contribution in [0.25, 0.3) is 0 Å². The third kappa shape index (κ3) is 5.23. The third-order valence-corrected chi connectivity index (χ3v) is 5.02. The molecule has 142 valence electrons. The Hall–Kier alpha value is -2.53. The van der Waals surface area contributed by atoms with Crippen LogP contribution in [0, 0.1) is 0 Å². The number of hydrogen-bond donors (Lipinski definition) is 1. The van der Waals surface area contributed by atoms with Gasteiger partial charge in [-0.05, 0) is 48.7 Å². The molecule has 0 saturated carbocycles. The van der Waals surface area contributed by atoms with Crippen LogP contribution in [-0.2, 0) is 11.2 Å². The molecule has 0 unspecified atom stereocenters. The molecule has 0 bridgehead atoms. The first kappa shape index (κ1) is 19.2. The van der Waals surface area contributed by atoms with Gasteiger partial charge in [-0.2, -0.15) is 0 Å². The summed E-state index contributed by atoms with van der Waals surface area (Å²) in [4.78, 5) is 28.8. The molecule has 1 heterocycles. The maximum Gasteiger partial charge on any atom is 0.254 e. The van der Waals surface area contributed by atoms with Crippen LogP contribution in [0.3, 0.4) is 0 Å². The van der Waals surface area contributed by atoms with Crippen molar-refractivity contribution >= 4 is 23.4 Å². The predicted octanol–water partition coefficient (Wildman–Crippen LogP) is 3.35. The molecule has 2 amide bonds. The summed E-state index contributed by atoms with van der Waals surface area (Å²) >= 11 is 5.89. The van der Waals surface area contributed by atoms with Crippen LogP contribution in [-0.4, -0.2) is 52.9 Å². The largest absolute Gasteiger partial charge is 0.508 e. The minimum Gasteiger partial charge on any atom is -0.508 e. The first-order chi connectivity index (χ1) is 13.0. The van der Waals surface area contributed by atoms with Gasteiger partial charge in [-0.15, -0.1) is 0 Å². The van der Waals surface area contributed by atoms with Crippen molar-refractivity contribution in [1.82, 2.24) is 9.80 Å². The Morgan fingerprint density at radius 3 is 2.41 bits per heavy atom. The number of carbonyl (C=O) groups is 2. The summed E-state index contributed by atoms with van der Waals surface area (Å²) in [5, 5.41) is 10.3. The SMILES string of the molecule is O=C(CCc1ccc(Cl)cc1)N1CCCN(C(=O)c2cccc(O)c2)CC1. The first-order valence-electron chi connectivity index (χ1n) is 9.13. The van der Waals surface area contributed by atoms with Crippen molar-refractivity contribution in [2.75, 3.05) is 26.2 Å². The summed E-state index contributed by atoms with van der Waals surface area (Å²) in [6, 6.07) is 13.9. The number of halogens is 1. The minimum atomic E-state index is -0.110. The lowest BCUT2D eigenvalue weighted by molar-refractivity contribution is -0.131. The zero-order valence-electron chi connectivity index (χ0n) is 15.1. The van der Waals surface area contributed by atoms with Gasteiger partial charge in [0.05, 0.1) is 0 Å². The van der Waals surface area contributed by atoms with Gasteiger partial charge in [0.25, 0.3) is 5.91 Å². The van der Waals surface area contributed by atoms with Crippen LogP contribution >= 0.6 is 11.6 Å². The van der Waals surface area contributed by atoms with E-state index in [4.69, 9.17) is 11.6 Å². The number of phenolic OH excluding ortho intramolecular Hbond substituents is 1. The molecule has 0 radical (unpaired) electrons. The molecule has 0 atom stereocenters. The lowest BCUT2D eigenvalue weighted by Crippen LogP contribution is -2.37. The van der Waals surface area contributed by atoms with Gasteiger partial charge in [-0.25, -0.2) is 0 Å². The molecule has 5 nitrogen and oxygen atoms in total. The zero-order chi connectivity index (χ0) is 19.2. The number of rotatable bonds is 4. The van der Waals surface area contributed by atoms with Crippen molar-refractivity contribution in [3.63, 3.8) is 0 Å². The fourth-order valence-corrected chi connectivity index (χ4v) is 3.38. The van der Waals surface area contributed by atoms with E-state index in [1.165, 1.54) is 6.07 Å². The molecule has 6 heteroatoms. The second-order valence-corrected chi connectivity index (χ2v) is 7.14. The summed E-state index contributed by atoms with van der Waals surface area (Å²) in [6.07, 6.45) is 1.87. The van der Waals surface area contributed by atoms with Gasteiger partial charge < -0.3 is 14.9 Å². The van der Waals surface area contributed by atoms with Gasteiger partial charge in [0, 0.05) is 43.2 Å². The number of nitrogens with zero attached hydrogens (tertiary/aromatic N) is 2. The van der Waals surface area contributed by atoms with E-state index in [0.29, 0.717) is 49.6 Å². The third-order valence-electron chi connectivity index (χ3n) is 4.77. The van der Waals surface area contributed by atoms with Crippen LogP contribution in [0.4, 0.5) is 0 Å². The van der Waals surface area contributed by atoms with Crippen molar-refractivity contribution in [3.8, 4) is 5.75 Å². The van der Waals surface area contributed by atoms with Crippen molar-refractivity contribution in [2.45, 2.75) is 19.3 Å². The highest BCUT2D eigenvalue weighted by atomic mass is 35.5. The van der Waals surface area contributed by atoms with E-state index in [9.17, 15) is 14.7 Å². The molecular weight excluding hydrogens is 364 g/mol. The fraction of sp³-hybridized carbons (Fsp3) is 0.333. The Labute approximate surface area is 164 Å². The van der Waals surface area contributed by atoms with Crippen LogP contribution in [0.15, 0.2) is 48.5 Å². The van der Waals surface area contributed by atoms with Crippen molar-refractivity contribution in [2.24, 2.45) is 0 Å². The van der Waals surface area contributed by atoms with E-state index in [-0.39, 0.29) is 17.6 Å². The monoisotopic (exact) mass is 386 g/mol. The van der Waals surface area contributed by atoms with Crippen LogP contribution in [0.1, 0.15) is 28.8 Å². The van der Waals surface area contributed by atoms with Gasteiger partial charge in [-0.1, -0.05) is 29.8 Å². The van der Waals surface area contributed by atoms with Crippen molar-refractivity contribution in [3.05, 3.63) is 64.7 Å². The first-order valence-corrected chi connectivity index (χ1v) is 9.51. The van der Waals surface area contributed by atoms with Crippen molar-refractivity contribution < 1.29 is 14.7 Å². The maximum absolute atomic E-state index is 12.6. The molecule has 1 saturated heterocycles. The van der Waals surface area contributed by atoms with E-state index in [1.807, 2.05) is 29.2 Å². The summed E-state index contributed by atoms with van der Waals surface area (Å²) in [5.74, 6) is 0.0765. The standard InChI is InChI=1S/C21H23ClN2O3/c22-18-8-5-16(6-9-18)7-10-20(26)23-11-2-12-24(14-13-23)21(27)17-3-1-4-19(25)15-17/h1,3-6,8-9,15,25H,2,7,10-14H2. The molecule has 0 aliphatic carbocycles. The highest BCUT2D eigenvalue weighted by molar-refractivity contribution is 6.30. The minimum absolute atomic E-state index is 0.0784. The van der Waals surface area contributed by atoms with Gasteiger partial charge >= 0.3 is 0 Å². The Bertz CT molecular complexity index is 807. The zero-order valence-corrected chi connectivity index (χ0v) is 15.9. The van der Waals surface area contributed by atoms with Crippen LogP contribution in [0.5, 0.6) is 5.75 Å². The average Bonchev–Trinajstić information content (AvgIpc) is 2.93. The van der Waals surface area contributed by atoms with Gasteiger partial charge in [-0.3, -0.25) is 9.59 Å². The maximum atomic E-state index is 12.6. The topological polar surface area (TPSA) is 60.9 Å². The summed E-state index contributed by atoms with van der Waals surface area (Å²) in [5.41, 5.74) is 1.56. The summed E-state index contributed by atoms with van der Waals surface area (Å²) in [7, 11) is 0. The van der Waals surface area contributed by atoms with E-state index < -0.39 is 0 Å². The second kappa shape index (κ2) is 8.91. The molecule has 2 aromatic carbocycles. The lowest BCUT2D eigenvalue weighted by atomic mass is 10.1. The fourth-order valence-electron chi connectivity index (χ4n) is 3.25. The van der Waals surface area contributed by atoms with E-state index in [0.717, 1.165) is 12.0 Å². The highest BCUT2D eigenvalue weighted by Gasteiger charge is 2.22. The predicted molar refractivity (Wildman–Crippen MR) is 105 cm³/mol. The molecule has 1 aliphatic rings. The summed E-state index contributed by atoms with van der Waals surface area (Å²) in [6.45, 7) is 2.30. The Morgan fingerprint density at radius 1 is 0.963 bits per heavy atom. The highest BCUT2D eigenvalue weighted by Crippen LogP contribution is 2.16. The second-order valence-electron chi connectivity index (χ2n) is 6.70. The molecule has 27 heavy (non-hydrogen) atoms. The number of aromatic hydroxyl groups is 1. The van der Waals surface area contributed by atoms with Gasteiger partial charge in [0.2, 0.25) is 5.91 Å². The Balaban J connectivity index is 1.53. The normalized spacial score (nSPS) is 14.7. The van der Waals surface area contributed by atoms with Crippen LogP contribution < -0.4 is 0 Å². The molecule has 1 N–H and O–H groups in total. The molecule has 1 fully saturated rings. The number of carbonyl (C=O) groups excluding carboxylic acids is 2. The van der Waals surface area contributed by atoms with Crippen molar-refractivity contribution in [1.29, 1.82) is 0 Å². The molecule has 2 aromatic rings. The Kier molecular flexibility index (Phi) is 6.35. The number of hydrogen-bond acceptors (Lipinski definition) is 3. The number of benzene rings is 2. The lowest BCUT2D eigenvalue weighted by Gasteiger charge is -2.22. The molecule has 0 spiro atoms. The number of aryl methyl sites for hydroxylation is 1. The van der Waals surface area contributed by atoms with E-state index >= 15 is 0 Å². The molecular formula is C21H23ClN2O3. The summed E-state index contributed by atoms with van der Waals surface area (Å²) < 4.78 is 0. The Morgan fingerprint density at radius 2 is 1.67 bits per heavy atom. The van der Waals surface area contributed by atoms with Gasteiger partial charge in [0.1, 0.15) is 5.75 Å². The number of phenols is 1. The molecule has 0 aromatic heterocycles. The number of amides is 2. The molecule has 3 rings (SSSR count). The molecule has 1 aliphatic heterocycles. The van der Waals surface area contributed by atoms with E-state index in [1.54, 1.807) is 23.1 Å². The average molecular weight is 387 g/mol. The van der Waals surface area contributed by atoms with E-state index in [2.05, 4.69) is 0 Å². The van der Waals surface area contributed by atoms with Crippen LogP contribution in [0.2, 0.25) is 5.02 Å². The van der Waals surface area contributed by atoms with Gasteiger partial charge in [0.15, 0.2) is 0 Å². The quantitative estimate of drug-likeness (QED) is 0.876. The smallest absolute Gasteiger partial charge is 0.254 e.